The van der Waals surface area contributed by atoms with Gasteiger partial charge in [-0.15, -0.1) is 0 Å². The molecule has 2 unspecified atom stereocenters. The van der Waals surface area contributed by atoms with Gasteiger partial charge in [0.15, 0.2) is 0 Å². The Morgan fingerprint density at radius 1 is 1.11 bits per heavy atom. The van der Waals surface area contributed by atoms with E-state index in [9.17, 15) is 5.11 Å². The molecule has 5 heteroatoms. The number of aromatic nitrogens is 2. The number of imidazole rings is 1. The van der Waals surface area contributed by atoms with Crippen molar-refractivity contribution in [2.45, 2.75) is 87.1 Å². The van der Waals surface area contributed by atoms with E-state index in [1.807, 2.05) is 6.20 Å². The molecule has 1 aliphatic heterocycles. The van der Waals surface area contributed by atoms with Gasteiger partial charge >= 0.3 is 222 Å². The van der Waals surface area contributed by atoms with E-state index in [1.54, 1.807) is 7.11 Å². The maximum atomic E-state index is 10.1. The molecule has 2 atom stereocenters. The van der Waals surface area contributed by atoms with E-state index >= 15 is 0 Å². The summed E-state index contributed by atoms with van der Waals surface area (Å²) in [6.07, 6.45) is 7.44. The number of hydrogen-bond donors (Lipinski definition) is 1. The van der Waals surface area contributed by atoms with Crippen molar-refractivity contribution in [3.63, 3.8) is 0 Å². The molecule has 0 amide bonds. The normalized spacial score (nSPS) is 19.8. The van der Waals surface area contributed by atoms with Gasteiger partial charge in [0.25, 0.3) is 0 Å². The van der Waals surface area contributed by atoms with Crippen molar-refractivity contribution in [3.05, 3.63) is 64.5 Å². The van der Waals surface area contributed by atoms with Gasteiger partial charge in [0.05, 0.1) is 0 Å². The minimum absolute atomic E-state index is 0.0221. The molecule has 1 fully saturated rings. The topological polar surface area (TPSA) is 47.3 Å². The molecule has 1 saturated heterocycles. The molecule has 190 valence electrons. The summed E-state index contributed by atoms with van der Waals surface area (Å²) in [7, 11) is 1.68. The standard InChI is InChI=1S/C30H40IN2O2/c1-9-11-30(29(6,7)31-30)25-16-23(18-34)26(35-8)17-24(25)28-32-12-13-33(28)27-20(4)14-22(15-21(27)5)19(3)10-2/h12-17,19,34H,9-11,18H2,1-8H3/q-1. The summed E-state index contributed by atoms with van der Waals surface area (Å²) in [6.45, 7) is 16.0. The Balaban J connectivity index is 1.95. The van der Waals surface area contributed by atoms with Crippen LogP contribution in [0.1, 0.15) is 87.6 Å². The fraction of sp³-hybridized carbons (Fsp3) is 0.500. The Labute approximate surface area is 221 Å². The van der Waals surface area contributed by atoms with Crippen LogP contribution in [-0.4, -0.2) is 25.2 Å². The van der Waals surface area contributed by atoms with Crippen LogP contribution in [0.15, 0.2) is 36.7 Å². The van der Waals surface area contributed by atoms with Gasteiger partial charge in [-0.25, -0.2) is 0 Å². The van der Waals surface area contributed by atoms with Crippen LogP contribution in [0, 0.1) is 13.8 Å². The number of alkyl halides is 2. The number of aliphatic hydroxyl groups is 1. The molecule has 4 nitrogen and oxygen atoms in total. The van der Waals surface area contributed by atoms with Gasteiger partial charge < -0.3 is 0 Å². The van der Waals surface area contributed by atoms with E-state index in [4.69, 9.17) is 9.72 Å². The molecule has 2 aromatic carbocycles. The summed E-state index contributed by atoms with van der Waals surface area (Å²) in [5.74, 6) is 2.22. The third-order valence-electron chi connectivity index (χ3n) is 7.73. The molecule has 0 saturated carbocycles. The third-order valence-corrected chi connectivity index (χ3v) is 12.9. The number of methoxy groups -OCH3 is 1. The average molecular weight is 588 g/mol. The summed E-state index contributed by atoms with van der Waals surface area (Å²) < 4.78 is 8.50. The average Bonchev–Trinajstić information content (AvgIpc) is 3.15. The molecule has 0 bridgehead atoms. The molecule has 2 heterocycles. The number of ether oxygens (including phenoxy) is 1. The van der Waals surface area contributed by atoms with Gasteiger partial charge in [-0.3, -0.25) is 0 Å². The first-order valence-electron chi connectivity index (χ1n) is 12.8. The van der Waals surface area contributed by atoms with Gasteiger partial charge in [0.2, 0.25) is 0 Å². The first-order valence-corrected chi connectivity index (χ1v) is 14.9. The van der Waals surface area contributed by atoms with E-state index < -0.39 is 0 Å². The quantitative estimate of drug-likeness (QED) is 0.304. The van der Waals surface area contributed by atoms with E-state index in [0.29, 0.717) is 9.34 Å². The van der Waals surface area contributed by atoms with E-state index in [-0.39, 0.29) is 31.2 Å². The SMILES string of the molecule is CCCC1(c2cc(CO)c(OC)cc2-c2nccn2-c2c(C)cc(C(C)CC)cc2C)[I-]C1(C)C. The van der Waals surface area contributed by atoms with E-state index in [0.717, 1.165) is 35.5 Å². The molecule has 4 rings (SSSR count). The minimum atomic E-state index is -0.0266. The van der Waals surface area contributed by atoms with Crippen LogP contribution < -0.4 is 25.9 Å². The van der Waals surface area contributed by atoms with Crippen LogP contribution in [0.5, 0.6) is 5.75 Å². The zero-order chi connectivity index (χ0) is 25.5. The Morgan fingerprint density at radius 2 is 1.77 bits per heavy atom. The molecule has 1 aliphatic rings. The van der Waals surface area contributed by atoms with Crippen molar-refractivity contribution in [2.24, 2.45) is 0 Å². The number of benzene rings is 2. The summed E-state index contributed by atoms with van der Waals surface area (Å²) in [5, 5.41) is 10.1. The second-order valence-electron chi connectivity index (χ2n) is 10.4. The van der Waals surface area contributed by atoms with Crippen molar-refractivity contribution in [3.8, 4) is 22.8 Å². The van der Waals surface area contributed by atoms with E-state index in [2.05, 4.69) is 83.5 Å². The Kier molecular flexibility index (Phi) is 7.41. The van der Waals surface area contributed by atoms with Crippen LogP contribution in [0.4, 0.5) is 0 Å². The Morgan fingerprint density at radius 3 is 2.29 bits per heavy atom. The second kappa shape index (κ2) is 9.89. The predicted octanol–water partition coefficient (Wildman–Crippen LogP) is 4.05. The first kappa shape index (κ1) is 26.2. The van der Waals surface area contributed by atoms with Crippen molar-refractivity contribution in [1.82, 2.24) is 9.55 Å². The summed E-state index contributed by atoms with van der Waals surface area (Å²) >= 11 is -0.0221. The molecule has 0 aliphatic carbocycles. The van der Waals surface area contributed by atoms with Crippen molar-refractivity contribution >= 4 is 0 Å². The first-order chi connectivity index (χ1) is 16.6. The summed E-state index contributed by atoms with van der Waals surface area (Å²) in [6, 6.07) is 9.01. The van der Waals surface area contributed by atoms with Gasteiger partial charge in [-0.2, -0.15) is 0 Å². The monoisotopic (exact) mass is 587 g/mol. The van der Waals surface area contributed by atoms with Gasteiger partial charge in [0.1, 0.15) is 0 Å². The van der Waals surface area contributed by atoms with Crippen LogP contribution in [0.25, 0.3) is 17.1 Å². The van der Waals surface area contributed by atoms with Gasteiger partial charge in [-0.1, -0.05) is 0 Å². The van der Waals surface area contributed by atoms with Gasteiger partial charge in [0, 0.05) is 0 Å². The van der Waals surface area contributed by atoms with Gasteiger partial charge in [-0.05, 0) is 0 Å². The van der Waals surface area contributed by atoms with Crippen molar-refractivity contribution < 1.29 is 31.0 Å². The van der Waals surface area contributed by atoms with Crippen LogP contribution in [0.3, 0.4) is 0 Å². The molecule has 0 spiro atoms. The molecule has 1 aromatic heterocycles. The number of hydrogen-bond acceptors (Lipinski definition) is 3. The van der Waals surface area contributed by atoms with Crippen LogP contribution >= 0.6 is 0 Å². The maximum absolute atomic E-state index is 10.1. The fourth-order valence-electron chi connectivity index (χ4n) is 5.60. The van der Waals surface area contributed by atoms with E-state index in [1.165, 1.54) is 34.4 Å². The molecule has 3 aromatic rings. The Bertz CT molecular complexity index is 1210. The molecule has 0 radical (unpaired) electrons. The van der Waals surface area contributed by atoms with Crippen LogP contribution in [-0.2, 0) is 10.0 Å². The number of aliphatic hydroxyl groups excluding tert-OH is 1. The Hall–Kier alpha value is -1.86. The molecule has 35 heavy (non-hydrogen) atoms. The predicted molar refractivity (Wildman–Crippen MR) is 140 cm³/mol. The molecular weight excluding hydrogens is 547 g/mol. The molecular formula is C30H40IN2O2-. The zero-order valence-corrected chi connectivity index (χ0v) is 24.7. The third kappa shape index (κ3) is 4.43. The number of aryl methyl sites for hydroxylation is 2. The van der Waals surface area contributed by atoms with Crippen molar-refractivity contribution in [1.29, 1.82) is 0 Å². The number of halogens is 1. The summed E-state index contributed by atoms with van der Waals surface area (Å²) in [5.41, 5.74) is 8.46. The van der Waals surface area contributed by atoms with Crippen molar-refractivity contribution in [2.75, 3.05) is 7.11 Å². The fourth-order valence-corrected chi connectivity index (χ4v) is 9.87. The second-order valence-corrected chi connectivity index (χ2v) is 15.5. The zero-order valence-electron chi connectivity index (χ0n) is 22.5. The summed E-state index contributed by atoms with van der Waals surface area (Å²) in [4.78, 5) is 4.92. The number of rotatable bonds is 9. The molecule has 1 N–H and O–H groups in total. The number of nitrogens with zero attached hydrogens (tertiary/aromatic N) is 2. The van der Waals surface area contributed by atoms with Crippen LogP contribution in [0.2, 0.25) is 0 Å².